The Kier molecular flexibility index (Phi) is 5.77. The number of carbonyl (C=O) groups excluding carboxylic acids is 3. The SMILES string of the molecule is COC(=O)c1cccc(NC(=O)C(C)(C)C(=O)Nc2ccccc2C)c1. The third-order valence-electron chi connectivity index (χ3n) is 4.07. The lowest BCUT2D eigenvalue weighted by Gasteiger charge is -2.23. The van der Waals surface area contributed by atoms with Gasteiger partial charge in [0.15, 0.2) is 0 Å². The van der Waals surface area contributed by atoms with Crippen molar-refractivity contribution >= 4 is 29.2 Å². The first-order valence-corrected chi connectivity index (χ1v) is 8.12. The second-order valence-electron chi connectivity index (χ2n) is 6.42. The molecule has 136 valence electrons. The molecule has 2 aromatic carbocycles. The van der Waals surface area contributed by atoms with Crippen molar-refractivity contribution in [2.24, 2.45) is 5.41 Å². The Labute approximate surface area is 152 Å². The molecular formula is C20H22N2O4. The number of benzene rings is 2. The summed E-state index contributed by atoms with van der Waals surface area (Å²) in [5.74, 6) is -1.41. The number of methoxy groups -OCH3 is 1. The number of carbonyl (C=O) groups is 3. The van der Waals surface area contributed by atoms with Gasteiger partial charge in [0.05, 0.1) is 12.7 Å². The molecule has 2 aromatic rings. The summed E-state index contributed by atoms with van der Waals surface area (Å²) >= 11 is 0. The van der Waals surface area contributed by atoms with Crippen LogP contribution in [0.25, 0.3) is 0 Å². The quantitative estimate of drug-likeness (QED) is 0.637. The maximum atomic E-state index is 12.6. The Morgan fingerprint density at radius 3 is 2.23 bits per heavy atom. The molecule has 0 saturated carbocycles. The van der Waals surface area contributed by atoms with E-state index in [4.69, 9.17) is 0 Å². The Bertz CT molecular complexity index is 843. The highest BCUT2D eigenvalue weighted by atomic mass is 16.5. The molecule has 0 aliphatic rings. The molecule has 0 aromatic heterocycles. The van der Waals surface area contributed by atoms with E-state index < -0.39 is 23.2 Å². The van der Waals surface area contributed by atoms with Crippen LogP contribution in [0.3, 0.4) is 0 Å². The lowest BCUT2D eigenvalue weighted by atomic mass is 9.90. The Hall–Kier alpha value is -3.15. The third kappa shape index (κ3) is 4.27. The monoisotopic (exact) mass is 354 g/mol. The standard InChI is InChI=1S/C20H22N2O4/c1-13-8-5-6-11-16(13)22-19(25)20(2,3)18(24)21-15-10-7-9-14(12-15)17(23)26-4/h5-12H,1-4H3,(H,21,24)(H,22,25). The highest BCUT2D eigenvalue weighted by molar-refractivity contribution is 6.14. The molecule has 2 amide bonds. The van der Waals surface area contributed by atoms with Gasteiger partial charge >= 0.3 is 5.97 Å². The molecule has 0 aliphatic carbocycles. The summed E-state index contributed by atoms with van der Waals surface area (Å²) in [6.07, 6.45) is 0. The van der Waals surface area contributed by atoms with Gasteiger partial charge < -0.3 is 15.4 Å². The predicted molar refractivity (Wildman–Crippen MR) is 100 cm³/mol. The fraction of sp³-hybridized carbons (Fsp3) is 0.250. The second-order valence-corrected chi connectivity index (χ2v) is 6.42. The summed E-state index contributed by atoms with van der Waals surface area (Å²) in [5.41, 5.74) is 0.972. The van der Waals surface area contributed by atoms with Gasteiger partial charge in [0, 0.05) is 11.4 Å². The Morgan fingerprint density at radius 2 is 1.58 bits per heavy atom. The number of para-hydroxylation sites is 1. The van der Waals surface area contributed by atoms with Gasteiger partial charge in [-0.25, -0.2) is 4.79 Å². The molecule has 0 saturated heterocycles. The fourth-order valence-electron chi connectivity index (χ4n) is 2.22. The zero-order valence-electron chi connectivity index (χ0n) is 15.3. The van der Waals surface area contributed by atoms with Crippen molar-refractivity contribution in [3.63, 3.8) is 0 Å². The van der Waals surface area contributed by atoms with Gasteiger partial charge in [0.25, 0.3) is 0 Å². The van der Waals surface area contributed by atoms with E-state index in [1.165, 1.54) is 13.2 Å². The van der Waals surface area contributed by atoms with Crippen LogP contribution >= 0.6 is 0 Å². The first-order valence-electron chi connectivity index (χ1n) is 8.12. The van der Waals surface area contributed by atoms with Crippen LogP contribution in [-0.4, -0.2) is 24.9 Å². The topological polar surface area (TPSA) is 84.5 Å². The number of ether oxygens (including phenoxy) is 1. The summed E-state index contributed by atoms with van der Waals surface area (Å²) < 4.78 is 4.66. The minimum Gasteiger partial charge on any atom is -0.465 e. The van der Waals surface area contributed by atoms with Crippen LogP contribution in [0.4, 0.5) is 11.4 Å². The maximum Gasteiger partial charge on any atom is 0.337 e. The molecule has 0 spiro atoms. The summed E-state index contributed by atoms with van der Waals surface area (Å²) in [7, 11) is 1.28. The van der Waals surface area contributed by atoms with E-state index in [1.807, 2.05) is 25.1 Å². The molecule has 0 bridgehead atoms. The number of hydrogen-bond acceptors (Lipinski definition) is 4. The molecule has 6 nitrogen and oxygen atoms in total. The molecule has 0 radical (unpaired) electrons. The molecule has 2 N–H and O–H groups in total. The normalized spacial score (nSPS) is 10.8. The van der Waals surface area contributed by atoms with Crippen molar-refractivity contribution in [2.75, 3.05) is 17.7 Å². The van der Waals surface area contributed by atoms with Gasteiger partial charge in [-0.3, -0.25) is 9.59 Å². The zero-order chi connectivity index (χ0) is 19.3. The molecule has 0 atom stereocenters. The highest BCUT2D eigenvalue weighted by Crippen LogP contribution is 2.23. The van der Waals surface area contributed by atoms with E-state index in [-0.39, 0.29) is 0 Å². The number of nitrogens with one attached hydrogen (secondary N) is 2. The van der Waals surface area contributed by atoms with E-state index in [0.29, 0.717) is 16.9 Å². The minimum absolute atomic E-state index is 0.312. The largest absolute Gasteiger partial charge is 0.465 e. The van der Waals surface area contributed by atoms with Crippen molar-refractivity contribution < 1.29 is 19.1 Å². The lowest BCUT2D eigenvalue weighted by molar-refractivity contribution is -0.135. The minimum atomic E-state index is -1.32. The molecule has 6 heteroatoms. The van der Waals surface area contributed by atoms with Gasteiger partial charge in [-0.2, -0.15) is 0 Å². The van der Waals surface area contributed by atoms with Crippen molar-refractivity contribution in [3.8, 4) is 0 Å². The number of esters is 1. The Morgan fingerprint density at radius 1 is 0.923 bits per heavy atom. The fourth-order valence-corrected chi connectivity index (χ4v) is 2.22. The van der Waals surface area contributed by atoms with Crippen LogP contribution in [0.15, 0.2) is 48.5 Å². The van der Waals surface area contributed by atoms with E-state index in [0.717, 1.165) is 5.56 Å². The summed E-state index contributed by atoms with van der Waals surface area (Å²) in [5, 5.41) is 5.46. The first kappa shape index (κ1) is 19.2. The smallest absolute Gasteiger partial charge is 0.337 e. The van der Waals surface area contributed by atoms with Crippen LogP contribution in [0, 0.1) is 12.3 Å². The van der Waals surface area contributed by atoms with Gasteiger partial charge in [0.2, 0.25) is 11.8 Å². The third-order valence-corrected chi connectivity index (χ3v) is 4.07. The van der Waals surface area contributed by atoms with Crippen LogP contribution in [0.2, 0.25) is 0 Å². The molecule has 0 heterocycles. The summed E-state index contributed by atoms with van der Waals surface area (Å²) in [6, 6.07) is 13.7. The number of anilines is 2. The van der Waals surface area contributed by atoms with Crippen molar-refractivity contribution in [2.45, 2.75) is 20.8 Å². The predicted octanol–water partition coefficient (Wildman–Crippen LogP) is 3.39. The van der Waals surface area contributed by atoms with Gasteiger partial charge in [-0.1, -0.05) is 24.3 Å². The number of aryl methyl sites for hydroxylation is 1. The average molecular weight is 354 g/mol. The van der Waals surface area contributed by atoms with Crippen molar-refractivity contribution in [1.82, 2.24) is 0 Å². The average Bonchev–Trinajstić information content (AvgIpc) is 2.63. The second kappa shape index (κ2) is 7.82. The lowest BCUT2D eigenvalue weighted by Crippen LogP contribution is -2.41. The summed E-state index contributed by atoms with van der Waals surface area (Å²) in [6.45, 7) is 4.96. The van der Waals surface area contributed by atoms with Crippen LogP contribution in [-0.2, 0) is 14.3 Å². The Balaban J connectivity index is 2.13. The van der Waals surface area contributed by atoms with E-state index in [2.05, 4.69) is 15.4 Å². The van der Waals surface area contributed by atoms with E-state index >= 15 is 0 Å². The van der Waals surface area contributed by atoms with Crippen LogP contribution < -0.4 is 10.6 Å². The molecule has 0 fully saturated rings. The van der Waals surface area contributed by atoms with Gasteiger partial charge in [-0.15, -0.1) is 0 Å². The first-order chi connectivity index (χ1) is 12.3. The van der Waals surface area contributed by atoms with Crippen molar-refractivity contribution in [1.29, 1.82) is 0 Å². The molecule has 0 aliphatic heterocycles. The van der Waals surface area contributed by atoms with E-state index in [9.17, 15) is 14.4 Å². The summed E-state index contributed by atoms with van der Waals surface area (Å²) in [4.78, 5) is 36.8. The van der Waals surface area contributed by atoms with E-state index in [1.54, 1.807) is 38.1 Å². The highest BCUT2D eigenvalue weighted by Gasteiger charge is 2.36. The van der Waals surface area contributed by atoms with Gasteiger partial charge in [0.1, 0.15) is 5.41 Å². The number of rotatable bonds is 5. The zero-order valence-corrected chi connectivity index (χ0v) is 15.3. The molecule has 2 rings (SSSR count). The van der Waals surface area contributed by atoms with Crippen molar-refractivity contribution in [3.05, 3.63) is 59.7 Å². The van der Waals surface area contributed by atoms with Crippen LogP contribution in [0.1, 0.15) is 29.8 Å². The van der Waals surface area contributed by atoms with Gasteiger partial charge in [-0.05, 0) is 50.6 Å². The molecule has 26 heavy (non-hydrogen) atoms. The molecular weight excluding hydrogens is 332 g/mol. The van der Waals surface area contributed by atoms with Crippen LogP contribution in [0.5, 0.6) is 0 Å². The number of hydrogen-bond donors (Lipinski definition) is 2. The molecule has 0 unspecified atom stereocenters. The maximum absolute atomic E-state index is 12.6. The number of amides is 2.